The Kier molecular flexibility index (Phi) is 9.78. The minimum absolute atomic E-state index is 0.525. The lowest BCUT2D eigenvalue weighted by Gasteiger charge is -2.17. The molecule has 15 aromatic rings. The maximum absolute atomic E-state index is 6.67. The predicted octanol–water partition coefficient (Wildman–Crippen LogP) is 18.0. The maximum atomic E-state index is 6.67. The summed E-state index contributed by atoms with van der Waals surface area (Å²) in [6, 6.07) is 92.3. The number of furan rings is 1. The van der Waals surface area contributed by atoms with Crippen LogP contribution in [-0.2, 0) is 0 Å². The number of hydrogen-bond donors (Lipinski definition) is 0. The Bertz CT molecular complexity index is 4650. The summed E-state index contributed by atoms with van der Waals surface area (Å²) in [5.41, 5.74) is 17.7. The van der Waals surface area contributed by atoms with Gasteiger partial charge in [0.1, 0.15) is 11.2 Å². The fraction of sp³-hybridized carbons (Fsp3) is 0. The van der Waals surface area contributed by atoms with E-state index in [9.17, 15) is 0 Å². The minimum Gasteiger partial charge on any atom is -0.455 e. The second-order valence-corrected chi connectivity index (χ2v) is 19.1. The van der Waals surface area contributed by atoms with Gasteiger partial charge in [0, 0.05) is 60.1 Å². The summed E-state index contributed by atoms with van der Waals surface area (Å²) in [6.45, 7) is 0. The molecule has 0 fully saturated rings. The minimum atomic E-state index is 0.525. The van der Waals surface area contributed by atoms with Gasteiger partial charge in [-0.1, -0.05) is 218 Å². The number of aromatic nitrogens is 5. The van der Waals surface area contributed by atoms with Gasteiger partial charge in [-0.25, -0.2) is 4.98 Å². The molecule has 15 rings (SSSR count). The quantitative estimate of drug-likeness (QED) is 0.152. The zero-order chi connectivity index (χ0) is 49.4. The fourth-order valence-electron chi connectivity index (χ4n) is 11.3. The molecule has 0 bridgehead atoms. The van der Waals surface area contributed by atoms with E-state index in [1.165, 1.54) is 21.9 Å². The number of fused-ring (bicyclic) bond motifs is 9. The molecule has 0 radical (unpaired) electrons. The predicted molar refractivity (Wildman–Crippen MR) is 308 cm³/mol. The van der Waals surface area contributed by atoms with Gasteiger partial charge in [0.15, 0.2) is 11.6 Å². The van der Waals surface area contributed by atoms with Crippen LogP contribution < -0.4 is 0 Å². The van der Waals surface area contributed by atoms with E-state index in [1.54, 1.807) is 0 Å². The van der Waals surface area contributed by atoms with Crippen LogP contribution in [0.25, 0.3) is 144 Å². The van der Waals surface area contributed by atoms with E-state index in [-0.39, 0.29) is 0 Å². The molecule has 75 heavy (non-hydrogen) atoms. The lowest BCUT2D eigenvalue weighted by molar-refractivity contribution is 0.670. The van der Waals surface area contributed by atoms with Crippen molar-refractivity contribution < 1.29 is 4.42 Å². The van der Waals surface area contributed by atoms with Gasteiger partial charge in [0.25, 0.3) is 0 Å². The Labute approximate surface area is 431 Å². The van der Waals surface area contributed by atoms with E-state index in [0.717, 1.165) is 105 Å². The highest BCUT2D eigenvalue weighted by molar-refractivity contribution is 6.17. The highest BCUT2D eigenvalue weighted by Gasteiger charge is 2.23. The zero-order valence-electron chi connectivity index (χ0n) is 40.5. The van der Waals surface area contributed by atoms with Gasteiger partial charge in [-0.15, -0.1) is 0 Å². The van der Waals surface area contributed by atoms with Gasteiger partial charge in [0.2, 0.25) is 5.95 Å². The van der Waals surface area contributed by atoms with Crippen LogP contribution >= 0.6 is 0 Å². The molecule has 0 amide bonds. The van der Waals surface area contributed by atoms with Gasteiger partial charge in [-0.2, -0.15) is 9.97 Å². The number of hydrogen-bond acceptors (Lipinski definition) is 4. The number of rotatable bonds is 8. The lowest BCUT2D eigenvalue weighted by atomic mass is 9.94. The van der Waals surface area contributed by atoms with E-state index in [4.69, 9.17) is 19.4 Å². The van der Waals surface area contributed by atoms with Crippen molar-refractivity contribution >= 4 is 65.6 Å². The highest BCUT2D eigenvalue weighted by atomic mass is 16.3. The van der Waals surface area contributed by atoms with Crippen LogP contribution in [0.5, 0.6) is 0 Å². The van der Waals surface area contributed by atoms with Crippen molar-refractivity contribution in [3.05, 3.63) is 261 Å². The SMILES string of the molecule is c1ccc(-c2cccc(-c3ccc(-n4c5ccccc5c5ccccc54)c(-c4ccc(-c5nc(-c6ccccc6)nc(-n6c7ccccc7c7cccc(-c8cccc9c8oc8ccccc89)c76)n5)cc4)c3)c2)cc1. The molecular formula is C69H43N5O. The molecule has 350 valence electrons. The molecule has 11 aromatic carbocycles. The lowest BCUT2D eigenvalue weighted by Crippen LogP contribution is -2.07. The largest absolute Gasteiger partial charge is 0.455 e. The van der Waals surface area contributed by atoms with Gasteiger partial charge in [-0.3, -0.25) is 4.57 Å². The first-order valence-electron chi connectivity index (χ1n) is 25.3. The monoisotopic (exact) mass is 957 g/mol. The molecule has 0 unspecified atom stereocenters. The van der Waals surface area contributed by atoms with Crippen molar-refractivity contribution in [1.82, 2.24) is 24.1 Å². The summed E-state index contributed by atoms with van der Waals surface area (Å²) in [7, 11) is 0. The summed E-state index contributed by atoms with van der Waals surface area (Å²) in [5.74, 6) is 1.68. The Morgan fingerprint density at radius 3 is 1.44 bits per heavy atom. The van der Waals surface area contributed by atoms with Crippen molar-refractivity contribution in [2.24, 2.45) is 0 Å². The van der Waals surface area contributed by atoms with Crippen LogP contribution in [0.1, 0.15) is 0 Å². The van der Waals surface area contributed by atoms with Crippen molar-refractivity contribution in [2.75, 3.05) is 0 Å². The molecule has 4 heterocycles. The second-order valence-electron chi connectivity index (χ2n) is 19.1. The van der Waals surface area contributed by atoms with Crippen molar-refractivity contribution in [3.8, 4) is 78.9 Å². The van der Waals surface area contributed by atoms with E-state index in [0.29, 0.717) is 17.6 Å². The average molecular weight is 958 g/mol. The van der Waals surface area contributed by atoms with E-state index in [2.05, 4.69) is 240 Å². The Balaban J connectivity index is 0.921. The molecule has 0 aliphatic heterocycles. The third-order valence-corrected chi connectivity index (χ3v) is 14.8. The topological polar surface area (TPSA) is 61.7 Å². The van der Waals surface area contributed by atoms with Crippen molar-refractivity contribution in [1.29, 1.82) is 0 Å². The Hall–Kier alpha value is -10.2. The maximum Gasteiger partial charge on any atom is 0.238 e. The molecule has 0 aliphatic rings. The number of para-hydroxylation sites is 6. The van der Waals surface area contributed by atoms with Crippen LogP contribution in [-0.4, -0.2) is 24.1 Å². The molecule has 4 aromatic heterocycles. The van der Waals surface area contributed by atoms with Crippen LogP contribution in [0.15, 0.2) is 265 Å². The molecule has 0 aliphatic carbocycles. The molecule has 6 nitrogen and oxygen atoms in total. The van der Waals surface area contributed by atoms with E-state index in [1.807, 2.05) is 30.3 Å². The molecule has 0 saturated carbocycles. The Morgan fingerprint density at radius 2 is 0.747 bits per heavy atom. The first-order chi connectivity index (χ1) is 37.2. The van der Waals surface area contributed by atoms with Gasteiger partial charge in [0.05, 0.1) is 27.8 Å². The smallest absolute Gasteiger partial charge is 0.238 e. The van der Waals surface area contributed by atoms with Crippen molar-refractivity contribution in [2.45, 2.75) is 0 Å². The highest BCUT2D eigenvalue weighted by Crippen LogP contribution is 2.43. The van der Waals surface area contributed by atoms with Gasteiger partial charge >= 0.3 is 0 Å². The molecule has 0 atom stereocenters. The van der Waals surface area contributed by atoms with Gasteiger partial charge in [-0.05, 0) is 70.3 Å². The standard InChI is InChI=1S/C69H43N5O/c1-3-18-44(19-4-1)48-22-15-23-49(42-48)50-40-41-63(73-60-32-11-7-24-51(60)52-25-8-12-33-61(52)73)59(43-50)45-36-38-47(39-37-45)68-70-67(46-20-5-2-6-21-46)71-69(72-68)74-62-34-13-9-26-53(62)55-28-16-29-56(65(55)74)58-31-17-30-57-54-27-10-14-35-64(54)75-66(57)58/h1-43H. The van der Waals surface area contributed by atoms with E-state index < -0.39 is 0 Å². The van der Waals surface area contributed by atoms with Crippen LogP contribution in [0.4, 0.5) is 0 Å². The average Bonchev–Trinajstić information content (AvgIpc) is 4.17. The zero-order valence-corrected chi connectivity index (χ0v) is 40.5. The number of nitrogens with zero attached hydrogens (tertiary/aromatic N) is 5. The van der Waals surface area contributed by atoms with Gasteiger partial charge < -0.3 is 8.98 Å². The summed E-state index contributed by atoms with van der Waals surface area (Å²) < 4.78 is 11.3. The first-order valence-corrected chi connectivity index (χ1v) is 25.3. The molecule has 0 N–H and O–H groups in total. The summed E-state index contributed by atoms with van der Waals surface area (Å²) >= 11 is 0. The van der Waals surface area contributed by atoms with Crippen molar-refractivity contribution in [3.63, 3.8) is 0 Å². The third kappa shape index (κ3) is 6.99. The normalized spacial score (nSPS) is 11.7. The number of benzene rings is 11. The first kappa shape index (κ1) is 42.5. The van der Waals surface area contributed by atoms with Crippen LogP contribution in [0.3, 0.4) is 0 Å². The summed E-state index contributed by atoms with van der Waals surface area (Å²) in [6.07, 6.45) is 0. The summed E-state index contributed by atoms with van der Waals surface area (Å²) in [4.78, 5) is 16.0. The molecule has 0 spiro atoms. The summed E-state index contributed by atoms with van der Waals surface area (Å²) in [5, 5.41) is 6.80. The van der Waals surface area contributed by atoms with Crippen LogP contribution in [0.2, 0.25) is 0 Å². The third-order valence-electron chi connectivity index (χ3n) is 14.8. The van der Waals surface area contributed by atoms with E-state index >= 15 is 0 Å². The molecule has 6 heteroatoms. The Morgan fingerprint density at radius 1 is 0.280 bits per heavy atom. The van der Waals surface area contributed by atoms with Crippen LogP contribution in [0, 0.1) is 0 Å². The fourth-order valence-corrected chi connectivity index (χ4v) is 11.3. The molecular weight excluding hydrogens is 915 g/mol. The second kappa shape index (κ2) is 17.3. The molecule has 0 saturated heterocycles.